The fraction of sp³-hybridized carbons (Fsp3) is 0.846. The van der Waals surface area contributed by atoms with Gasteiger partial charge >= 0.3 is 6.03 Å². The summed E-state index contributed by atoms with van der Waals surface area (Å²) in [5, 5.41) is 80.6. The molecule has 1 heterocycles. The number of aliphatic hydroxyl groups excluding tert-OH is 8. The van der Waals surface area contributed by atoms with Gasteiger partial charge in [0, 0.05) is 0 Å². The highest BCUT2D eigenvalue weighted by Gasteiger charge is 2.46. The Bertz CT molecular complexity index is 494. The van der Waals surface area contributed by atoms with Gasteiger partial charge in [0.05, 0.1) is 19.4 Å². The summed E-state index contributed by atoms with van der Waals surface area (Å²) < 4.78 is 10.2. The Morgan fingerprint density at radius 1 is 1.19 bits per heavy atom. The molecule has 0 unspecified atom stereocenters. The molecule has 0 aromatic rings. The molecule has 2 amide bonds. The number of rotatable bonds is 9. The molecule has 0 bridgehead atoms. The Labute approximate surface area is 153 Å². The van der Waals surface area contributed by atoms with Crippen molar-refractivity contribution < 1.29 is 55.1 Å². The molecule has 27 heavy (non-hydrogen) atoms. The van der Waals surface area contributed by atoms with Crippen LogP contribution in [-0.2, 0) is 9.47 Å². The molecule has 1 aliphatic rings. The van der Waals surface area contributed by atoms with E-state index >= 15 is 0 Å². The largest absolute Gasteiger partial charge is 0.394 e. The summed E-state index contributed by atoms with van der Waals surface area (Å²) in [5.41, 5.74) is 6.52. The van der Waals surface area contributed by atoms with Crippen molar-refractivity contribution in [3.8, 4) is 0 Å². The molecular formula is C13H25N3O11. The molecule has 0 aromatic carbocycles. The molecule has 1 aliphatic heterocycles. The van der Waals surface area contributed by atoms with Gasteiger partial charge in [-0.25, -0.2) is 10.2 Å². The molecule has 1 rings (SSSR count). The molecule has 1 saturated heterocycles. The smallest absolute Gasteiger partial charge is 0.332 e. The van der Waals surface area contributed by atoms with E-state index in [0.717, 1.165) is 0 Å². The molecule has 11 N–H and O–H groups in total. The highest BCUT2D eigenvalue weighted by molar-refractivity contribution is 5.73. The Balaban J connectivity index is 2.90. The highest BCUT2D eigenvalue weighted by Crippen LogP contribution is 2.24. The second-order valence-corrected chi connectivity index (χ2v) is 5.78. The van der Waals surface area contributed by atoms with Crippen LogP contribution in [0.5, 0.6) is 0 Å². The molecule has 0 aliphatic carbocycles. The molecule has 0 spiro atoms. The summed E-state index contributed by atoms with van der Waals surface area (Å²) in [4.78, 5) is 10.5. The minimum Gasteiger partial charge on any atom is -0.394 e. The van der Waals surface area contributed by atoms with Crippen LogP contribution >= 0.6 is 0 Å². The second kappa shape index (κ2) is 10.8. The normalized spacial score (nSPS) is 33.4. The fourth-order valence-electron chi connectivity index (χ4n) is 2.30. The zero-order chi connectivity index (χ0) is 20.7. The number of hydrogen-bond acceptors (Lipinski definition) is 12. The monoisotopic (exact) mass is 399 g/mol. The lowest BCUT2D eigenvalue weighted by atomic mass is 9.98. The standard InChI is InChI=1S/C13H25N3O11/c14-13(25)16-15-1-4(19)7(21)11(5(20)2-17)27-12-10(24)9(23)8(22)6(3-18)26-12/h1,4-12,17-24H,2-3H2,(H3,14,16,25)/b15-1-/t4-,5-,6+,7-,8+,9+,10+,11+,12+/m1/s1. The number of amides is 2. The second-order valence-electron chi connectivity index (χ2n) is 5.78. The van der Waals surface area contributed by atoms with Gasteiger partial charge < -0.3 is 56.1 Å². The van der Waals surface area contributed by atoms with Crippen LogP contribution in [0, 0.1) is 0 Å². The van der Waals surface area contributed by atoms with Gasteiger partial charge in [0.25, 0.3) is 0 Å². The predicted molar refractivity (Wildman–Crippen MR) is 85.0 cm³/mol. The van der Waals surface area contributed by atoms with E-state index in [0.29, 0.717) is 6.21 Å². The first kappa shape index (κ1) is 23.6. The molecule has 1 fully saturated rings. The SMILES string of the molecule is NC(=O)N/N=C\[C@@H](O)[C@@H](O)[C@@H](O[C@@H]1O[C@@H](CO)[C@H](O)[C@H](O)[C@@H]1O)[C@H](O)CO. The first-order chi connectivity index (χ1) is 12.6. The third kappa shape index (κ3) is 6.28. The van der Waals surface area contributed by atoms with E-state index in [2.05, 4.69) is 5.10 Å². The van der Waals surface area contributed by atoms with Crippen LogP contribution in [0.2, 0.25) is 0 Å². The number of primary amides is 1. The van der Waals surface area contributed by atoms with Crippen LogP contribution in [0.4, 0.5) is 4.79 Å². The molecule has 0 radical (unpaired) electrons. The minimum absolute atomic E-state index is 0.656. The van der Waals surface area contributed by atoms with E-state index in [1.807, 2.05) is 0 Å². The third-order valence-electron chi connectivity index (χ3n) is 3.79. The van der Waals surface area contributed by atoms with Crippen LogP contribution in [0.3, 0.4) is 0 Å². The summed E-state index contributed by atoms with van der Waals surface area (Å²) >= 11 is 0. The number of hydrogen-bond donors (Lipinski definition) is 10. The molecular weight excluding hydrogens is 374 g/mol. The lowest BCUT2D eigenvalue weighted by Gasteiger charge is -2.42. The van der Waals surface area contributed by atoms with Crippen LogP contribution in [-0.4, -0.2) is 121 Å². The molecule has 14 heteroatoms. The lowest BCUT2D eigenvalue weighted by molar-refractivity contribution is -0.326. The summed E-state index contributed by atoms with van der Waals surface area (Å²) in [5.74, 6) is 0. The quantitative estimate of drug-likeness (QED) is 0.129. The number of nitrogens with two attached hydrogens (primary N) is 1. The van der Waals surface area contributed by atoms with E-state index in [1.54, 1.807) is 5.43 Å². The Kier molecular flexibility index (Phi) is 9.40. The van der Waals surface area contributed by atoms with E-state index in [4.69, 9.17) is 25.4 Å². The average molecular weight is 399 g/mol. The maximum absolute atomic E-state index is 10.5. The van der Waals surface area contributed by atoms with Crippen molar-refractivity contribution in [1.29, 1.82) is 0 Å². The lowest BCUT2D eigenvalue weighted by Crippen LogP contribution is -2.61. The minimum atomic E-state index is -1.95. The van der Waals surface area contributed by atoms with Crippen molar-refractivity contribution in [3.05, 3.63) is 0 Å². The third-order valence-corrected chi connectivity index (χ3v) is 3.79. The van der Waals surface area contributed by atoms with E-state index in [1.165, 1.54) is 0 Å². The first-order valence-electron chi connectivity index (χ1n) is 7.83. The summed E-state index contributed by atoms with van der Waals surface area (Å²) in [6.45, 7) is -1.67. The number of hydrazone groups is 1. The zero-order valence-electron chi connectivity index (χ0n) is 14.0. The molecule has 9 atom stereocenters. The van der Waals surface area contributed by atoms with Gasteiger partial charge in [0.2, 0.25) is 0 Å². The molecule has 0 aromatic heterocycles. The van der Waals surface area contributed by atoms with Crippen LogP contribution in [0.1, 0.15) is 0 Å². The fourth-order valence-corrected chi connectivity index (χ4v) is 2.30. The number of carbonyl (C=O) groups excluding carboxylic acids is 1. The molecule has 0 saturated carbocycles. The summed E-state index contributed by atoms with van der Waals surface area (Å²) in [6.07, 6.45) is -15.0. The van der Waals surface area contributed by atoms with E-state index in [-0.39, 0.29) is 0 Å². The number of nitrogens with zero attached hydrogens (tertiary/aromatic N) is 1. The van der Waals surface area contributed by atoms with Gasteiger partial charge in [0.15, 0.2) is 6.29 Å². The van der Waals surface area contributed by atoms with Crippen molar-refractivity contribution in [1.82, 2.24) is 5.43 Å². The Hall–Kier alpha value is -1.46. The molecule has 158 valence electrons. The first-order valence-corrected chi connectivity index (χ1v) is 7.83. The highest BCUT2D eigenvalue weighted by atomic mass is 16.7. The maximum Gasteiger partial charge on any atom is 0.332 e. The van der Waals surface area contributed by atoms with Gasteiger partial charge in [-0.05, 0) is 0 Å². The molecule has 14 nitrogen and oxygen atoms in total. The van der Waals surface area contributed by atoms with Crippen molar-refractivity contribution in [2.75, 3.05) is 13.2 Å². The Morgan fingerprint density at radius 2 is 1.81 bits per heavy atom. The number of ether oxygens (including phenoxy) is 2. The maximum atomic E-state index is 10.5. The summed E-state index contributed by atoms with van der Waals surface area (Å²) in [6, 6.07) is -1.04. The number of urea groups is 1. The van der Waals surface area contributed by atoms with Crippen LogP contribution < -0.4 is 11.2 Å². The van der Waals surface area contributed by atoms with Crippen LogP contribution in [0.25, 0.3) is 0 Å². The Morgan fingerprint density at radius 3 is 2.33 bits per heavy atom. The van der Waals surface area contributed by atoms with E-state index < -0.39 is 74.4 Å². The number of aliphatic hydroxyl groups is 8. The predicted octanol–water partition coefficient (Wildman–Crippen LogP) is -6.10. The van der Waals surface area contributed by atoms with Gasteiger partial charge in [0.1, 0.15) is 48.8 Å². The van der Waals surface area contributed by atoms with Crippen molar-refractivity contribution in [2.45, 2.75) is 55.1 Å². The van der Waals surface area contributed by atoms with Gasteiger partial charge in [-0.3, -0.25) is 0 Å². The number of carbonyl (C=O) groups is 1. The average Bonchev–Trinajstić information content (AvgIpc) is 2.64. The number of nitrogens with one attached hydrogen (secondary N) is 1. The van der Waals surface area contributed by atoms with Gasteiger partial charge in [-0.15, -0.1) is 0 Å². The van der Waals surface area contributed by atoms with Gasteiger partial charge in [-0.2, -0.15) is 5.10 Å². The van der Waals surface area contributed by atoms with Gasteiger partial charge in [-0.1, -0.05) is 0 Å². The van der Waals surface area contributed by atoms with E-state index in [9.17, 15) is 35.4 Å². The zero-order valence-corrected chi connectivity index (χ0v) is 14.0. The van der Waals surface area contributed by atoms with Crippen LogP contribution in [0.15, 0.2) is 5.10 Å². The van der Waals surface area contributed by atoms with Crippen molar-refractivity contribution >= 4 is 12.2 Å². The summed E-state index contributed by atoms with van der Waals surface area (Å²) in [7, 11) is 0. The van der Waals surface area contributed by atoms with Crippen molar-refractivity contribution in [3.63, 3.8) is 0 Å². The van der Waals surface area contributed by atoms with Crippen molar-refractivity contribution in [2.24, 2.45) is 10.8 Å². The topological polar surface area (TPSA) is 248 Å².